The quantitative estimate of drug-likeness (QED) is 0.519. The maximum absolute atomic E-state index is 12.5. The van der Waals surface area contributed by atoms with E-state index in [9.17, 15) is 8.78 Å². The maximum atomic E-state index is 12.5. The fourth-order valence-corrected chi connectivity index (χ4v) is 2.37. The van der Waals surface area contributed by atoms with Gasteiger partial charge in [0.2, 0.25) is 0 Å². The van der Waals surface area contributed by atoms with Crippen LogP contribution in [0.2, 0.25) is 0 Å². The van der Waals surface area contributed by atoms with Crippen LogP contribution < -0.4 is 20.1 Å². The van der Waals surface area contributed by atoms with Gasteiger partial charge in [0, 0.05) is 31.4 Å². The fraction of sp³-hybridized carbons (Fsp3) is 0.368. The van der Waals surface area contributed by atoms with E-state index in [1.807, 2.05) is 25.1 Å². The molecule has 0 spiro atoms. The molecule has 27 heavy (non-hydrogen) atoms. The summed E-state index contributed by atoms with van der Waals surface area (Å²) in [5.41, 5.74) is 1.72. The molecule has 2 rings (SSSR count). The molecule has 1 aromatic carbocycles. The predicted molar refractivity (Wildman–Crippen MR) is 100 cm³/mol. The topological polar surface area (TPSA) is 67.8 Å². The third-order valence-electron chi connectivity index (χ3n) is 3.61. The van der Waals surface area contributed by atoms with Crippen molar-refractivity contribution in [3.63, 3.8) is 0 Å². The summed E-state index contributed by atoms with van der Waals surface area (Å²) in [6, 6.07) is 10.6. The zero-order valence-electron chi connectivity index (χ0n) is 15.4. The molecule has 1 heterocycles. The van der Waals surface area contributed by atoms with Crippen LogP contribution in [0.4, 0.5) is 8.78 Å². The first kappa shape index (κ1) is 20.4. The highest BCUT2D eigenvalue weighted by atomic mass is 19.3. The van der Waals surface area contributed by atoms with Gasteiger partial charge in [0.25, 0.3) is 0 Å². The van der Waals surface area contributed by atoms with E-state index in [1.165, 1.54) is 13.2 Å². The van der Waals surface area contributed by atoms with E-state index in [0.29, 0.717) is 25.6 Å². The van der Waals surface area contributed by atoms with Gasteiger partial charge in [0.1, 0.15) is 0 Å². The molecule has 6 nitrogen and oxygen atoms in total. The van der Waals surface area contributed by atoms with E-state index in [0.717, 1.165) is 17.7 Å². The number of nitrogens with one attached hydrogen (secondary N) is 2. The van der Waals surface area contributed by atoms with Gasteiger partial charge in [-0.3, -0.25) is 4.98 Å². The van der Waals surface area contributed by atoms with Gasteiger partial charge in [-0.15, -0.1) is 0 Å². The Kier molecular flexibility index (Phi) is 8.28. The lowest BCUT2D eigenvalue weighted by molar-refractivity contribution is -0.0512. The van der Waals surface area contributed by atoms with E-state index < -0.39 is 6.61 Å². The van der Waals surface area contributed by atoms with Crippen molar-refractivity contribution >= 4 is 5.96 Å². The summed E-state index contributed by atoms with van der Waals surface area (Å²) in [6.07, 6.45) is 2.53. The van der Waals surface area contributed by atoms with Gasteiger partial charge in [-0.2, -0.15) is 8.78 Å². The molecule has 0 fully saturated rings. The number of ether oxygens (including phenoxy) is 2. The van der Waals surface area contributed by atoms with E-state index in [4.69, 9.17) is 4.74 Å². The summed E-state index contributed by atoms with van der Waals surface area (Å²) in [4.78, 5) is 8.76. The van der Waals surface area contributed by atoms with Gasteiger partial charge in [-0.1, -0.05) is 12.1 Å². The van der Waals surface area contributed by atoms with Crippen LogP contribution in [0.1, 0.15) is 18.2 Å². The van der Waals surface area contributed by atoms with Crippen LogP contribution in [0.5, 0.6) is 11.5 Å². The smallest absolute Gasteiger partial charge is 0.387 e. The van der Waals surface area contributed by atoms with Gasteiger partial charge in [0.05, 0.1) is 13.7 Å². The molecular formula is C19H24F2N4O2. The Labute approximate surface area is 157 Å². The van der Waals surface area contributed by atoms with Crippen molar-refractivity contribution in [3.05, 3.63) is 53.9 Å². The van der Waals surface area contributed by atoms with Crippen molar-refractivity contribution in [3.8, 4) is 11.5 Å². The average Bonchev–Trinajstić information content (AvgIpc) is 2.66. The van der Waals surface area contributed by atoms with Crippen LogP contribution in [-0.2, 0) is 13.0 Å². The minimum absolute atomic E-state index is 0.00619. The van der Waals surface area contributed by atoms with Crippen LogP contribution in [-0.4, -0.2) is 37.8 Å². The summed E-state index contributed by atoms with van der Waals surface area (Å²) in [6.45, 7) is 0.742. The second-order valence-electron chi connectivity index (χ2n) is 5.56. The summed E-state index contributed by atoms with van der Waals surface area (Å²) in [5, 5.41) is 6.38. The molecule has 0 amide bonds. The monoisotopic (exact) mass is 378 g/mol. The first-order valence-electron chi connectivity index (χ1n) is 8.66. The van der Waals surface area contributed by atoms with E-state index in [-0.39, 0.29) is 11.5 Å². The SMILES string of the molecule is CCNC(=NCc1ccc(OC)c(OC(F)F)c1)NCCc1ccccn1. The Morgan fingerprint density at radius 3 is 2.70 bits per heavy atom. The summed E-state index contributed by atoms with van der Waals surface area (Å²) in [5.74, 6) is 0.886. The molecule has 0 unspecified atom stereocenters. The van der Waals surface area contributed by atoms with Crippen LogP contribution in [0.25, 0.3) is 0 Å². The number of methoxy groups -OCH3 is 1. The highest BCUT2D eigenvalue weighted by Gasteiger charge is 2.11. The number of nitrogens with zero attached hydrogens (tertiary/aromatic N) is 2. The predicted octanol–water partition coefficient (Wildman–Crippen LogP) is 2.99. The minimum Gasteiger partial charge on any atom is -0.493 e. The highest BCUT2D eigenvalue weighted by molar-refractivity contribution is 5.79. The molecule has 0 aliphatic carbocycles. The van der Waals surface area contributed by atoms with Gasteiger partial charge >= 0.3 is 6.61 Å². The van der Waals surface area contributed by atoms with Gasteiger partial charge in [0.15, 0.2) is 17.5 Å². The molecule has 8 heteroatoms. The molecule has 0 aliphatic heterocycles. The summed E-state index contributed by atoms with van der Waals surface area (Å²) in [7, 11) is 1.40. The van der Waals surface area contributed by atoms with Gasteiger partial charge in [-0.05, 0) is 36.8 Å². The Bertz CT molecular complexity index is 727. The largest absolute Gasteiger partial charge is 0.493 e. The molecule has 146 valence electrons. The first-order chi connectivity index (χ1) is 13.1. The molecule has 0 bridgehead atoms. The van der Waals surface area contributed by atoms with Gasteiger partial charge in [-0.25, -0.2) is 4.99 Å². The molecule has 2 N–H and O–H groups in total. The van der Waals surface area contributed by atoms with Crippen molar-refractivity contribution in [2.75, 3.05) is 20.2 Å². The lowest BCUT2D eigenvalue weighted by Gasteiger charge is -2.13. The molecular weight excluding hydrogens is 354 g/mol. The summed E-state index contributed by atoms with van der Waals surface area (Å²) < 4.78 is 34.6. The van der Waals surface area contributed by atoms with Crippen molar-refractivity contribution in [1.82, 2.24) is 15.6 Å². The lowest BCUT2D eigenvalue weighted by Crippen LogP contribution is -2.38. The first-order valence-corrected chi connectivity index (χ1v) is 8.66. The average molecular weight is 378 g/mol. The second kappa shape index (κ2) is 10.9. The number of alkyl halides is 2. The molecule has 0 radical (unpaired) electrons. The maximum Gasteiger partial charge on any atom is 0.387 e. The molecule has 0 aliphatic rings. The van der Waals surface area contributed by atoms with Crippen molar-refractivity contribution < 1.29 is 18.3 Å². The molecule has 0 saturated heterocycles. The number of hydrogen-bond acceptors (Lipinski definition) is 4. The fourth-order valence-electron chi connectivity index (χ4n) is 2.37. The van der Waals surface area contributed by atoms with Gasteiger partial charge < -0.3 is 20.1 Å². The summed E-state index contributed by atoms with van der Waals surface area (Å²) >= 11 is 0. The number of halogens is 2. The lowest BCUT2D eigenvalue weighted by atomic mass is 10.2. The second-order valence-corrected chi connectivity index (χ2v) is 5.56. The van der Waals surface area contributed by atoms with Crippen LogP contribution >= 0.6 is 0 Å². The normalized spacial score (nSPS) is 11.4. The minimum atomic E-state index is -2.91. The zero-order chi connectivity index (χ0) is 19.5. The van der Waals surface area contributed by atoms with Crippen molar-refractivity contribution in [2.24, 2.45) is 4.99 Å². The number of aliphatic imine (C=N–C) groups is 1. The molecule has 0 atom stereocenters. The Morgan fingerprint density at radius 2 is 2.04 bits per heavy atom. The number of rotatable bonds is 9. The third kappa shape index (κ3) is 7.08. The third-order valence-corrected chi connectivity index (χ3v) is 3.61. The van der Waals surface area contributed by atoms with E-state index >= 15 is 0 Å². The van der Waals surface area contributed by atoms with Crippen molar-refractivity contribution in [2.45, 2.75) is 26.5 Å². The highest BCUT2D eigenvalue weighted by Crippen LogP contribution is 2.29. The Morgan fingerprint density at radius 1 is 1.19 bits per heavy atom. The van der Waals surface area contributed by atoms with E-state index in [1.54, 1.807) is 18.3 Å². The van der Waals surface area contributed by atoms with E-state index in [2.05, 4.69) is 25.3 Å². The molecule has 1 aromatic heterocycles. The number of pyridine rings is 1. The number of benzene rings is 1. The van der Waals surface area contributed by atoms with Crippen molar-refractivity contribution in [1.29, 1.82) is 0 Å². The Hall–Kier alpha value is -2.90. The number of aromatic nitrogens is 1. The number of hydrogen-bond donors (Lipinski definition) is 2. The number of guanidine groups is 1. The zero-order valence-corrected chi connectivity index (χ0v) is 15.4. The van der Waals surface area contributed by atoms with Crippen LogP contribution in [0.15, 0.2) is 47.6 Å². The van der Waals surface area contributed by atoms with Crippen LogP contribution in [0.3, 0.4) is 0 Å². The molecule has 2 aromatic rings. The molecule has 0 saturated carbocycles. The van der Waals surface area contributed by atoms with Crippen LogP contribution in [0, 0.1) is 0 Å². The Balaban J connectivity index is 1.98. The standard InChI is InChI=1S/C19H24F2N4O2/c1-3-22-19(24-11-9-15-6-4-5-10-23-15)25-13-14-7-8-16(26-2)17(12-14)27-18(20)21/h4-8,10,12,18H,3,9,11,13H2,1-2H3,(H2,22,24,25).